The van der Waals surface area contributed by atoms with Crippen LogP contribution in [0.2, 0.25) is 0 Å². The van der Waals surface area contributed by atoms with E-state index in [9.17, 15) is 0 Å². The number of hydrogen-bond acceptors (Lipinski definition) is 5. The average Bonchev–Trinajstić information content (AvgIpc) is 2.36. The largest absolute Gasteiger partial charge is 0.370 e. The van der Waals surface area contributed by atoms with E-state index < -0.39 is 0 Å². The highest BCUT2D eigenvalue weighted by Gasteiger charge is 2.35. The Labute approximate surface area is 113 Å². The van der Waals surface area contributed by atoms with Crippen LogP contribution < -0.4 is 10.6 Å². The lowest BCUT2D eigenvalue weighted by molar-refractivity contribution is 0.379. The second kappa shape index (κ2) is 6.27. The Kier molecular flexibility index (Phi) is 4.69. The molecule has 1 aromatic rings. The molecule has 4 nitrogen and oxygen atoms in total. The fraction of sp³-hybridized carbons (Fsp3) is 0.692. The van der Waals surface area contributed by atoms with Crippen LogP contribution in [0.4, 0.5) is 11.6 Å². The first-order valence-corrected chi connectivity index (χ1v) is 7.85. The highest BCUT2D eigenvalue weighted by atomic mass is 32.2. The molecule has 0 unspecified atom stereocenters. The van der Waals surface area contributed by atoms with E-state index in [4.69, 9.17) is 0 Å². The monoisotopic (exact) mass is 266 g/mol. The Balaban J connectivity index is 1.88. The molecule has 0 atom stereocenters. The summed E-state index contributed by atoms with van der Waals surface area (Å²) in [6.45, 7) is 4.09. The Morgan fingerprint density at radius 1 is 1.28 bits per heavy atom. The summed E-state index contributed by atoms with van der Waals surface area (Å²) in [6, 6.07) is 1.99. The molecular formula is C13H22N4S. The van der Waals surface area contributed by atoms with Crippen LogP contribution in [0, 0.1) is 0 Å². The van der Waals surface area contributed by atoms with Crippen LogP contribution in [0.15, 0.2) is 12.4 Å². The molecule has 0 bridgehead atoms. The van der Waals surface area contributed by atoms with Gasteiger partial charge in [-0.3, -0.25) is 0 Å². The molecule has 2 rings (SSSR count). The SMILES string of the molecule is CCCNc1cc(NCC2(SC)CCC2)ncn1. The fourth-order valence-corrected chi connectivity index (χ4v) is 2.99. The zero-order valence-corrected chi connectivity index (χ0v) is 12.0. The van der Waals surface area contributed by atoms with Crippen molar-refractivity contribution in [2.24, 2.45) is 0 Å². The summed E-state index contributed by atoms with van der Waals surface area (Å²) < 4.78 is 0.433. The van der Waals surface area contributed by atoms with Crippen molar-refractivity contribution >= 4 is 23.4 Å². The Morgan fingerprint density at radius 3 is 2.56 bits per heavy atom. The zero-order valence-electron chi connectivity index (χ0n) is 11.2. The van der Waals surface area contributed by atoms with Crippen LogP contribution in [0.3, 0.4) is 0 Å². The minimum Gasteiger partial charge on any atom is -0.370 e. The van der Waals surface area contributed by atoms with E-state index in [1.165, 1.54) is 19.3 Å². The van der Waals surface area contributed by atoms with E-state index >= 15 is 0 Å². The van der Waals surface area contributed by atoms with Gasteiger partial charge >= 0.3 is 0 Å². The first kappa shape index (κ1) is 13.5. The first-order valence-electron chi connectivity index (χ1n) is 6.63. The molecule has 1 saturated carbocycles. The van der Waals surface area contributed by atoms with Crippen molar-refractivity contribution in [2.75, 3.05) is 30.0 Å². The number of thioether (sulfide) groups is 1. The van der Waals surface area contributed by atoms with Crippen molar-refractivity contribution in [3.8, 4) is 0 Å². The quantitative estimate of drug-likeness (QED) is 0.794. The maximum atomic E-state index is 4.27. The predicted octanol–water partition coefficient (Wildman–Crippen LogP) is 3.00. The molecular weight excluding hydrogens is 244 g/mol. The molecule has 1 aliphatic carbocycles. The highest BCUT2D eigenvalue weighted by Crippen LogP contribution is 2.42. The van der Waals surface area contributed by atoms with Crippen LogP contribution in [0.1, 0.15) is 32.6 Å². The van der Waals surface area contributed by atoms with E-state index in [1.54, 1.807) is 6.33 Å². The lowest BCUT2D eigenvalue weighted by atomic mass is 9.84. The highest BCUT2D eigenvalue weighted by molar-refractivity contribution is 8.00. The lowest BCUT2D eigenvalue weighted by Crippen LogP contribution is -2.40. The molecule has 0 radical (unpaired) electrons. The Morgan fingerprint density at radius 2 is 2.00 bits per heavy atom. The summed E-state index contributed by atoms with van der Waals surface area (Å²) >= 11 is 1.97. The lowest BCUT2D eigenvalue weighted by Gasteiger charge is -2.40. The van der Waals surface area contributed by atoms with Gasteiger partial charge in [0.05, 0.1) is 0 Å². The summed E-state index contributed by atoms with van der Waals surface area (Å²) in [5, 5.41) is 6.72. The molecule has 0 aliphatic heterocycles. The summed E-state index contributed by atoms with van der Waals surface area (Å²) in [5.41, 5.74) is 0. The summed E-state index contributed by atoms with van der Waals surface area (Å²) in [5.74, 6) is 1.82. The Hall–Kier alpha value is -0.970. The molecule has 1 aliphatic rings. The van der Waals surface area contributed by atoms with E-state index in [1.807, 2.05) is 17.8 Å². The van der Waals surface area contributed by atoms with Gasteiger partial charge in [0.1, 0.15) is 18.0 Å². The summed E-state index contributed by atoms with van der Waals surface area (Å²) in [7, 11) is 0. The van der Waals surface area contributed by atoms with Crippen molar-refractivity contribution < 1.29 is 0 Å². The molecule has 1 heterocycles. The normalized spacial score (nSPS) is 17.0. The van der Waals surface area contributed by atoms with Crippen molar-refractivity contribution in [3.05, 3.63) is 12.4 Å². The maximum absolute atomic E-state index is 4.27. The second-order valence-electron chi connectivity index (χ2n) is 4.81. The predicted molar refractivity (Wildman–Crippen MR) is 79.4 cm³/mol. The van der Waals surface area contributed by atoms with Crippen LogP contribution in [0.5, 0.6) is 0 Å². The molecule has 0 saturated heterocycles. The van der Waals surface area contributed by atoms with Gasteiger partial charge in [0, 0.05) is 23.9 Å². The second-order valence-corrected chi connectivity index (χ2v) is 6.08. The molecule has 1 aromatic heterocycles. The van der Waals surface area contributed by atoms with E-state index in [-0.39, 0.29) is 0 Å². The molecule has 18 heavy (non-hydrogen) atoms. The average molecular weight is 266 g/mol. The van der Waals surface area contributed by atoms with Gasteiger partial charge in [-0.1, -0.05) is 13.3 Å². The fourth-order valence-electron chi connectivity index (χ4n) is 2.08. The van der Waals surface area contributed by atoms with Crippen molar-refractivity contribution in [2.45, 2.75) is 37.4 Å². The standard InChI is InChI=1S/C13H22N4S/c1-3-7-14-11-8-12(17-10-16-11)15-9-13(18-2)5-4-6-13/h8,10H,3-7,9H2,1-2H3,(H2,14,15,16,17). The van der Waals surface area contributed by atoms with Gasteiger partial charge < -0.3 is 10.6 Å². The van der Waals surface area contributed by atoms with Gasteiger partial charge in [-0.15, -0.1) is 0 Å². The number of aromatic nitrogens is 2. The van der Waals surface area contributed by atoms with Crippen LogP contribution in [0.25, 0.3) is 0 Å². The minimum atomic E-state index is 0.433. The molecule has 0 spiro atoms. The summed E-state index contributed by atoms with van der Waals surface area (Å²) in [4.78, 5) is 8.48. The number of rotatable bonds is 7. The van der Waals surface area contributed by atoms with Gasteiger partial charge in [0.2, 0.25) is 0 Å². The van der Waals surface area contributed by atoms with E-state index in [0.717, 1.165) is 31.1 Å². The number of nitrogens with one attached hydrogen (secondary N) is 2. The summed E-state index contributed by atoms with van der Waals surface area (Å²) in [6.07, 6.45) is 8.90. The third kappa shape index (κ3) is 3.28. The molecule has 5 heteroatoms. The van der Waals surface area contributed by atoms with Crippen molar-refractivity contribution in [3.63, 3.8) is 0 Å². The topological polar surface area (TPSA) is 49.8 Å². The third-order valence-corrected chi connectivity index (χ3v) is 4.93. The van der Waals surface area contributed by atoms with Crippen LogP contribution in [-0.2, 0) is 0 Å². The number of anilines is 2. The van der Waals surface area contributed by atoms with Gasteiger partial charge in [-0.05, 0) is 25.5 Å². The van der Waals surface area contributed by atoms with Crippen LogP contribution >= 0.6 is 11.8 Å². The maximum Gasteiger partial charge on any atom is 0.131 e. The van der Waals surface area contributed by atoms with E-state index in [0.29, 0.717) is 4.75 Å². The molecule has 1 fully saturated rings. The first-order chi connectivity index (χ1) is 8.78. The van der Waals surface area contributed by atoms with E-state index in [2.05, 4.69) is 33.8 Å². The number of hydrogen-bond donors (Lipinski definition) is 2. The molecule has 0 amide bonds. The molecule has 2 N–H and O–H groups in total. The number of nitrogens with zero attached hydrogens (tertiary/aromatic N) is 2. The van der Waals surface area contributed by atoms with Gasteiger partial charge in [-0.25, -0.2) is 9.97 Å². The molecule has 100 valence electrons. The van der Waals surface area contributed by atoms with Crippen molar-refractivity contribution in [1.29, 1.82) is 0 Å². The molecule has 0 aromatic carbocycles. The van der Waals surface area contributed by atoms with Gasteiger partial charge in [-0.2, -0.15) is 11.8 Å². The van der Waals surface area contributed by atoms with Crippen molar-refractivity contribution in [1.82, 2.24) is 9.97 Å². The van der Waals surface area contributed by atoms with Gasteiger partial charge in [0.25, 0.3) is 0 Å². The smallest absolute Gasteiger partial charge is 0.131 e. The minimum absolute atomic E-state index is 0.433. The zero-order chi connectivity index (χ0) is 12.8. The van der Waals surface area contributed by atoms with Crippen LogP contribution in [-0.4, -0.2) is 34.1 Å². The Bertz CT molecular complexity index is 373. The van der Waals surface area contributed by atoms with Gasteiger partial charge in [0.15, 0.2) is 0 Å². The third-order valence-electron chi connectivity index (χ3n) is 3.51.